The molecule has 0 radical (unpaired) electrons. The Bertz CT molecular complexity index is 796. The van der Waals surface area contributed by atoms with Gasteiger partial charge >= 0.3 is 0 Å². The van der Waals surface area contributed by atoms with E-state index in [2.05, 4.69) is 15.4 Å². The molecule has 2 aromatic rings. The molecule has 1 aliphatic rings. The minimum Gasteiger partial charge on any atom is -0.354 e. The van der Waals surface area contributed by atoms with Gasteiger partial charge in [-0.2, -0.15) is 5.10 Å². The van der Waals surface area contributed by atoms with E-state index in [0.717, 1.165) is 5.69 Å². The van der Waals surface area contributed by atoms with E-state index in [0.29, 0.717) is 17.8 Å². The molecule has 0 atom stereocenters. The first-order valence-electron chi connectivity index (χ1n) is 6.46. The molecule has 3 heterocycles. The molecule has 8 heteroatoms. The average molecular weight is 306 g/mol. The van der Waals surface area contributed by atoms with Crippen LogP contribution in [-0.4, -0.2) is 41.9 Å². The number of pyridine rings is 1. The summed E-state index contributed by atoms with van der Waals surface area (Å²) in [5.74, 6) is 0.0881. The molecule has 1 aliphatic heterocycles. The van der Waals surface area contributed by atoms with Gasteiger partial charge in [0.15, 0.2) is 21.3 Å². The van der Waals surface area contributed by atoms with Gasteiger partial charge in [0, 0.05) is 25.2 Å². The van der Waals surface area contributed by atoms with Crippen LogP contribution in [-0.2, 0) is 22.0 Å². The summed E-state index contributed by atoms with van der Waals surface area (Å²) < 4.78 is 25.2. The number of rotatable bonds is 2. The van der Waals surface area contributed by atoms with Gasteiger partial charge in [0.2, 0.25) is 0 Å². The quantitative estimate of drug-likeness (QED) is 0.849. The Kier molecular flexibility index (Phi) is 3.25. The molecule has 0 aliphatic carbocycles. The molecule has 1 amide bonds. The van der Waals surface area contributed by atoms with E-state index in [1.54, 1.807) is 23.0 Å². The van der Waals surface area contributed by atoms with Crippen molar-refractivity contribution in [2.45, 2.75) is 12.2 Å². The summed E-state index contributed by atoms with van der Waals surface area (Å²) in [7, 11) is -1.69. The molecule has 0 bridgehead atoms. The Morgan fingerprint density at radius 3 is 2.86 bits per heavy atom. The van der Waals surface area contributed by atoms with E-state index in [9.17, 15) is 13.2 Å². The van der Waals surface area contributed by atoms with E-state index < -0.39 is 15.7 Å². The highest BCUT2D eigenvalue weighted by Crippen LogP contribution is 2.26. The van der Waals surface area contributed by atoms with Gasteiger partial charge in [-0.1, -0.05) is 6.07 Å². The van der Waals surface area contributed by atoms with Gasteiger partial charge in [0.05, 0.1) is 17.2 Å². The van der Waals surface area contributed by atoms with Crippen LogP contribution in [0.4, 0.5) is 0 Å². The largest absolute Gasteiger partial charge is 0.354 e. The molecule has 21 heavy (non-hydrogen) atoms. The van der Waals surface area contributed by atoms with Crippen molar-refractivity contribution >= 4 is 15.7 Å². The van der Waals surface area contributed by atoms with E-state index in [1.165, 1.54) is 7.05 Å². The topological polar surface area (TPSA) is 93.9 Å². The van der Waals surface area contributed by atoms with Gasteiger partial charge in [-0.3, -0.25) is 4.79 Å². The van der Waals surface area contributed by atoms with Crippen molar-refractivity contribution in [1.82, 2.24) is 20.1 Å². The van der Waals surface area contributed by atoms with Gasteiger partial charge < -0.3 is 5.32 Å². The van der Waals surface area contributed by atoms with Crippen molar-refractivity contribution in [3.05, 3.63) is 41.3 Å². The predicted octanol–water partition coefficient (Wildman–Crippen LogP) is 0.0978. The Morgan fingerprint density at radius 1 is 1.38 bits per heavy atom. The fraction of sp³-hybridized carbons (Fsp3) is 0.308. The van der Waals surface area contributed by atoms with Crippen LogP contribution >= 0.6 is 0 Å². The third-order valence-electron chi connectivity index (χ3n) is 3.41. The van der Waals surface area contributed by atoms with Crippen molar-refractivity contribution in [2.24, 2.45) is 0 Å². The van der Waals surface area contributed by atoms with Crippen LogP contribution in [0.2, 0.25) is 0 Å². The molecule has 110 valence electrons. The number of carbonyl (C=O) groups excluding carboxylic acids is 1. The molecule has 0 saturated carbocycles. The molecule has 1 N–H and O–H groups in total. The molecule has 2 aromatic heterocycles. The van der Waals surface area contributed by atoms with Crippen molar-refractivity contribution in [3.63, 3.8) is 0 Å². The number of carbonyl (C=O) groups is 1. The number of fused-ring (bicyclic) bond motifs is 1. The van der Waals surface area contributed by atoms with Crippen molar-refractivity contribution in [2.75, 3.05) is 12.8 Å². The molecular formula is C13H14N4O3S. The van der Waals surface area contributed by atoms with Gasteiger partial charge in [-0.05, 0) is 12.1 Å². The van der Waals surface area contributed by atoms with Crippen LogP contribution in [0.1, 0.15) is 21.7 Å². The van der Waals surface area contributed by atoms with Crippen LogP contribution in [0.3, 0.4) is 0 Å². The van der Waals surface area contributed by atoms with E-state index in [1.807, 2.05) is 6.07 Å². The highest BCUT2D eigenvalue weighted by Gasteiger charge is 2.31. The van der Waals surface area contributed by atoms with Gasteiger partial charge in [-0.25, -0.2) is 18.1 Å². The van der Waals surface area contributed by atoms with Gasteiger partial charge in [0.25, 0.3) is 5.91 Å². The lowest BCUT2D eigenvalue weighted by molar-refractivity contribution is 0.0957. The second kappa shape index (κ2) is 4.96. The zero-order valence-corrected chi connectivity index (χ0v) is 12.2. The smallest absolute Gasteiger partial charge is 0.271 e. The summed E-state index contributed by atoms with van der Waals surface area (Å²) in [6.07, 6.45) is 1.96. The van der Waals surface area contributed by atoms with Gasteiger partial charge in [-0.15, -0.1) is 0 Å². The minimum atomic E-state index is -3.18. The first kappa shape index (κ1) is 13.7. The molecule has 0 fully saturated rings. The third kappa shape index (κ3) is 2.42. The van der Waals surface area contributed by atoms with Crippen molar-refractivity contribution in [3.8, 4) is 5.82 Å². The molecule has 7 nitrogen and oxygen atoms in total. The molecule has 3 rings (SSSR count). The van der Waals surface area contributed by atoms with Crippen LogP contribution in [0.25, 0.3) is 5.82 Å². The lowest BCUT2D eigenvalue weighted by Crippen LogP contribution is -2.24. The van der Waals surface area contributed by atoms with Crippen molar-refractivity contribution < 1.29 is 13.2 Å². The lowest BCUT2D eigenvalue weighted by Gasteiger charge is -2.14. The Balaban J connectivity index is 2.20. The maximum absolute atomic E-state index is 11.9. The molecule has 0 aromatic carbocycles. The Labute approximate surface area is 121 Å². The Morgan fingerprint density at radius 2 is 2.19 bits per heavy atom. The number of hydrogen-bond acceptors (Lipinski definition) is 5. The second-order valence-electron chi connectivity index (χ2n) is 4.79. The van der Waals surface area contributed by atoms with Crippen LogP contribution < -0.4 is 5.32 Å². The van der Waals surface area contributed by atoms with Gasteiger partial charge in [0.1, 0.15) is 0 Å². The minimum absolute atomic E-state index is 0.0612. The molecular weight excluding hydrogens is 292 g/mol. The second-order valence-corrected chi connectivity index (χ2v) is 6.98. The van der Waals surface area contributed by atoms with Crippen LogP contribution in [0.5, 0.6) is 0 Å². The average Bonchev–Trinajstić information content (AvgIpc) is 2.84. The summed E-state index contributed by atoms with van der Waals surface area (Å²) in [5, 5.41) is 6.77. The lowest BCUT2D eigenvalue weighted by atomic mass is 10.1. The van der Waals surface area contributed by atoms with E-state index in [4.69, 9.17) is 0 Å². The van der Waals surface area contributed by atoms with Crippen molar-refractivity contribution in [1.29, 1.82) is 0 Å². The highest BCUT2D eigenvalue weighted by molar-refractivity contribution is 7.90. The summed E-state index contributed by atoms with van der Waals surface area (Å²) in [6.45, 7) is 0. The standard InChI is InChI=1S/C13H14N4O3S/c1-14-13(18)12-9-8-21(19,20)7-5-10(9)17(16-12)11-4-2-3-6-15-11/h2-4,6H,5,7-8H2,1H3,(H,14,18). The number of sulfone groups is 1. The number of nitrogens with zero attached hydrogens (tertiary/aromatic N) is 3. The number of nitrogens with one attached hydrogen (secondary N) is 1. The monoisotopic (exact) mass is 306 g/mol. The number of hydrogen-bond donors (Lipinski definition) is 1. The number of amides is 1. The predicted molar refractivity (Wildman–Crippen MR) is 75.9 cm³/mol. The van der Waals surface area contributed by atoms with E-state index >= 15 is 0 Å². The maximum atomic E-state index is 11.9. The normalized spacial score (nSPS) is 16.2. The molecule has 0 unspecified atom stereocenters. The summed E-state index contributed by atoms with van der Waals surface area (Å²) in [6, 6.07) is 5.36. The van der Waals surface area contributed by atoms with Crippen LogP contribution in [0, 0.1) is 0 Å². The van der Waals surface area contributed by atoms with Crippen LogP contribution in [0.15, 0.2) is 24.4 Å². The summed E-state index contributed by atoms with van der Waals surface area (Å²) in [5.41, 5.74) is 1.37. The third-order valence-corrected chi connectivity index (χ3v) is 4.97. The fourth-order valence-electron chi connectivity index (χ4n) is 2.41. The SMILES string of the molecule is CNC(=O)c1nn(-c2ccccn2)c2c1CS(=O)(=O)CC2. The molecule has 0 spiro atoms. The zero-order chi connectivity index (χ0) is 15.0. The Hall–Kier alpha value is -2.22. The highest BCUT2D eigenvalue weighted by atomic mass is 32.2. The summed E-state index contributed by atoms with van der Waals surface area (Å²) in [4.78, 5) is 16.2. The number of aromatic nitrogens is 3. The first-order chi connectivity index (χ1) is 10.0. The first-order valence-corrected chi connectivity index (χ1v) is 8.28. The molecule has 0 saturated heterocycles. The fourth-order valence-corrected chi connectivity index (χ4v) is 3.80. The maximum Gasteiger partial charge on any atom is 0.271 e. The van der Waals surface area contributed by atoms with E-state index in [-0.39, 0.29) is 17.2 Å². The zero-order valence-electron chi connectivity index (χ0n) is 11.4. The summed E-state index contributed by atoms with van der Waals surface area (Å²) >= 11 is 0.